The van der Waals surface area contributed by atoms with Crippen LogP contribution in [0.15, 0.2) is 39.3 Å². The first-order valence-corrected chi connectivity index (χ1v) is 7.66. The van der Waals surface area contributed by atoms with Gasteiger partial charge in [0.1, 0.15) is 0 Å². The molecule has 3 aromatic rings. The van der Waals surface area contributed by atoms with E-state index in [-0.39, 0.29) is 13.3 Å². The molecule has 0 fully saturated rings. The maximum absolute atomic E-state index is 5.51. The average Bonchev–Trinajstić information content (AvgIpc) is 3.18. The van der Waals surface area contributed by atoms with Gasteiger partial charge in [-0.1, -0.05) is 58.5 Å². The third-order valence-electron chi connectivity index (χ3n) is 2.99. The molecule has 0 spiro atoms. The fraction of sp³-hybridized carbons (Fsp3) is 0.444. The Bertz CT molecular complexity index is 717. The highest BCUT2D eigenvalue weighted by Gasteiger charge is 2.10. The SMILES string of the molecule is C.CC(C)c1nnc(-c2ccccc2)o1.Cc1noc(C(C)C)n1. The summed E-state index contributed by atoms with van der Waals surface area (Å²) in [5.41, 5.74) is 0.965. The number of aryl methyl sites for hydroxylation is 1. The van der Waals surface area contributed by atoms with Crippen LogP contribution in [0, 0.1) is 6.92 Å². The molecule has 0 amide bonds. The second-order valence-electron chi connectivity index (χ2n) is 5.80. The lowest BCUT2D eigenvalue weighted by Crippen LogP contribution is -1.85. The van der Waals surface area contributed by atoms with Gasteiger partial charge >= 0.3 is 0 Å². The van der Waals surface area contributed by atoms with E-state index in [1.807, 2.05) is 65.0 Å². The van der Waals surface area contributed by atoms with Crippen LogP contribution >= 0.6 is 0 Å². The zero-order valence-corrected chi connectivity index (χ0v) is 14.1. The normalized spacial score (nSPS) is 10.3. The first-order valence-electron chi connectivity index (χ1n) is 7.66. The maximum atomic E-state index is 5.51. The number of hydrogen-bond acceptors (Lipinski definition) is 6. The van der Waals surface area contributed by atoms with Crippen molar-refractivity contribution in [2.75, 3.05) is 0 Å². The standard InChI is InChI=1S/C11H12N2O.C6H10N2O.CH4/c1-8(2)10-12-13-11(14-10)9-6-4-3-5-7-9;1-4(2)6-7-5(3)8-9-6;/h3-8H,1-2H3;4H,1-3H3;1H4. The Morgan fingerprint density at radius 1 is 0.875 bits per heavy atom. The van der Waals surface area contributed by atoms with Crippen LogP contribution in [0.3, 0.4) is 0 Å². The van der Waals surface area contributed by atoms with Gasteiger partial charge in [-0.3, -0.25) is 0 Å². The van der Waals surface area contributed by atoms with Crippen molar-refractivity contribution in [3.05, 3.63) is 47.9 Å². The molecule has 6 heteroatoms. The molecule has 0 aliphatic heterocycles. The topological polar surface area (TPSA) is 77.8 Å². The smallest absolute Gasteiger partial charge is 0.247 e. The summed E-state index contributed by atoms with van der Waals surface area (Å²) in [5, 5.41) is 11.6. The highest BCUT2D eigenvalue weighted by Crippen LogP contribution is 2.20. The van der Waals surface area contributed by atoms with E-state index in [2.05, 4.69) is 20.3 Å². The van der Waals surface area contributed by atoms with E-state index in [0.29, 0.717) is 29.4 Å². The first kappa shape index (κ1) is 19.5. The summed E-state index contributed by atoms with van der Waals surface area (Å²) in [5.74, 6) is 3.32. The van der Waals surface area contributed by atoms with E-state index in [0.717, 1.165) is 5.56 Å². The van der Waals surface area contributed by atoms with E-state index in [1.54, 1.807) is 0 Å². The van der Waals surface area contributed by atoms with Crippen LogP contribution in [0.4, 0.5) is 0 Å². The van der Waals surface area contributed by atoms with Crippen molar-refractivity contribution in [3.8, 4) is 11.5 Å². The molecule has 0 unspecified atom stereocenters. The van der Waals surface area contributed by atoms with Crippen LogP contribution in [-0.4, -0.2) is 20.3 Å². The van der Waals surface area contributed by atoms with Gasteiger partial charge in [0, 0.05) is 17.4 Å². The van der Waals surface area contributed by atoms with Crippen molar-refractivity contribution in [2.24, 2.45) is 0 Å². The molecule has 0 aliphatic rings. The van der Waals surface area contributed by atoms with Crippen molar-refractivity contribution < 1.29 is 8.94 Å². The first-order chi connectivity index (χ1) is 11.0. The van der Waals surface area contributed by atoms with Gasteiger partial charge in [-0.15, -0.1) is 10.2 Å². The summed E-state index contributed by atoms with van der Waals surface area (Å²) in [6, 6.07) is 9.78. The third-order valence-corrected chi connectivity index (χ3v) is 2.99. The molecule has 2 aromatic heterocycles. The van der Waals surface area contributed by atoms with Crippen LogP contribution in [0.25, 0.3) is 11.5 Å². The fourth-order valence-corrected chi connectivity index (χ4v) is 1.71. The molecule has 1 aromatic carbocycles. The second-order valence-corrected chi connectivity index (χ2v) is 5.80. The molecule has 2 heterocycles. The summed E-state index contributed by atoms with van der Waals surface area (Å²) in [6.45, 7) is 9.92. The Kier molecular flexibility index (Phi) is 7.30. The average molecular weight is 330 g/mol. The van der Waals surface area contributed by atoms with Gasteiger partial charge < -0.3 is 8.94 Å². The number of rotatable bonds is 3. The van der Waals surface area contributed by atoms with Gasteiger partial charge in [-0.2, -0.15) is 4.98 Å². The number of aromatic nitrogens is 4. The summed E-state index contributed by atoms with van der Waals surface area (Å²) >= 11 is 0. The fourth-order valence-electron chi connectivity index (χ4n) is 1.71. The molecule has 130 valence electrons. The molecule has 0 atom stereocenters. The predicted octanol–water partition coefficient (Wildman–Crippen LogP) is 5.00. The van der Waals surface area contributed by atoms with Crippen LogP contribution in [0.1, 0.15) is 64.6 Å². The van der Waals surface area contributed by atoms with Crippen LogP contribution in [-0.2, 0) is 0 Å². The van der Waals surface area contributed by atoms with Gasteiger partial charge in [0.15, 0.2) is 5.82 Å². The van der Waals surface area contributed by atoms with Crippen LogP contribution < -0.4 is 0 Å². The number of benzene rings is 1. The van der Waals surface area contributed by atoms with Gasteiger partial charge in [-0.05, 0) is 19.1 Å². The van der Waals surface area contributed by atoms with Gasteiger partial charge in [0.2, 0.25) is 17.7 Å². The molecule has 0 radical (unpaired) electrons. The van der Waals surface area contributed by atoms with E-state index in [1.165, 1.54) is 0 Å². The lowest BCUT2D eigenvalue weighted by Gasteiger charge is -1.95. The highest BCUT2D eigenvalue weighted by molar-refractivity contribution is 5.51. The maximum Gasteiger partial charge on any atom is 0.247 e. The van der Waals surface area contributed by atoms with Gasteiger partial charge in [-0.25, -0.2) is 0 Å². The molecule has 0 N–H and O–H groups in total. The molecule has 0 bridgehead atoms. The minimum atomic E-state index is 0. The Morgan fingerprint density at radius 2 is 1.50 bits per heavy atom. The van der Waals surface area contributed by atoms with E-state index < -0.39 is 0 Å². The second kappa shape index (κ2) is 8.96. The Morgan fingerprint density at radius 3 is 1.92 bits per heavy atom. The van der Waals surface area contributed by atoms with Crippen molar-refractivity contribution in [1.82, 2.24) is 20.3 Å². The lowest BCUT2D eigenvalue weighted by molar-refractivity contribution is 0.362. The van der Waals surface area contributed by atoms with Crippen molar-refractivity contribution >= 4 is 0 Å². The minimum Gasteiger partial charge on any atom is -0.420 e. The summed E-state index contributed by atoms with van der Waals surface area (Å²) in [6.07, 6.45) is 0. The zero-order chi connectivity index (χ0) is 16.8. The minimum absolute atomic E-state index is 0. The highest BCUT2D eigenvalue weighted by atomic mass is 16.5. The summed E-state index contributed by atoms with van der Waals surface area (Å²) in [4.78, 5) is 4.03. The monoisotopic (exact) mass is 330 g/mol. The molecule has 0 saturated heterocycles. The van der Waals surface area contributed by atoms with Crippen LogP contribution in [0.5, 0.6) is 0 Å². The lowest BCUT2D eigenvalue weighted by atomic mass is 10.2. The number of nitrogens with zero attached hydrogens (tertiary/aromatic N) is 4. The van der Waals surface area contributed by atoms with Crippen molar-refractivity contribution in [3.63, 3.8) is 0 Å². The Hall–Kier alpha value is -2.50. The molecular formula is C18H26N4O2. The predicted molar refractivity (Wildman–Crippen MR) is 93.7 cm³/mol. The van der Waals surface area contributed by atoms with E-state index >= 15 is 0 Å². The molecule has 6 nitrogen and oxygen atoms in total. The molecule has 0 saturated carbocycles. The van der Waals surface area contributed by atoms with Crippen molar-refractivity contribution in [1.29, 1.82) is 0 Å². The van der Waals surface area contributed by atoms with Gasteiger partial charge in [0.25, 0.3) is 0 Å². The number of hydrogen-bond donors (Lipinski definition) is 0. The zero-order valence-electron chi connectivity index (χ0n) is 14.1. The summed E-state index contributed by atoms with van der Waals surface area (Å²) < 4.78 is 10.4. The molecule has 24 heavy (non-hydrogen) atoms. The molecule has 0 aliphatic carbocycles. The Balaban J connectivity index is 0.000000252. The van der Waals surface area contributed by atoms with E-state index in [9.17, 15) is 0 Å². The third kappa shape index (κ3) is 5.30. The largest absolute Gasteiger partial charge is 0.420 e. The van der Waals surface area contributed by atoms with Crippen molar-refractivity contribution in [2.45, 2.75) is 53.9 Å². The quantitative estimate of drug-likeness (QED) is 0.672. The van der Waals surface area contributed by atoms with E-state index in [4.69, 9.17) is 8.94 Å². The Labute approximate surface area is 143 Å². The molecule has 3 rings (SSSR count). The van der Waals surface area contributed by atoms with Gasteiger partial charge in [0.05, 0.1) is 0 Å². The molecular weight excluding hydrogens is 304 g/mol. The van der Waals surface area contributed by atoms with Crippen LogP contribution in [0.2, 0.25) is 0 Å². The summed E-state index contributed by atoms with van der Waals surface area (Å²) in [7, 11) is 0.